The van der Waals surface area contributed by atoms with Gasteiger partial charge in [-0.3, -0.25) is 9.59 Å². The van der Waals surface area contributed by atoms with Crippen molar-refractivity contribution in [2.45, 2.75) is 19.6 Å². The van der Waals surface area contributed by atoms with Crippen molar-refractivity contribution >= 4 is 51.9 Å². The molecule has 3 heterocycles. The van der Waals surface area contributed by atoms with Gasteiger partial charge in [0.15, 0.2) is 11.2 Å². The second-order valence-electron chi connectivity index (χ2n) is 7.12. The molecule has 0 aliphatic carbocycles. The topological polar surface area (TPSA) is 66.8 Å². The maximum absolute atomic E-state index is 12.6. The van der Waals surface area contributed by atoms with Crippen LogP contribution in [0.4, 0.5) is 0 Å². The summed E-state index contributed by atoms with van der Waals surface area (Å²) in [4.78, 5) is 24.6. The SMILES string of the molecule is COCCCOc1cc2c(cc1Cl)-c1cc(=O)c(C(C)=O)cn1C(c1csc(Cl)c1Cl)O2. The summed E-state index contributed by atoms with van der Waals surface area (Å²) < 4.78 is 19.2. The first kappa shape index (κ1) is 23.1. The van der Waals surface area contributed by atoms with Crippen molar-refractivity contribution in [3.63, 3.8) is 0 Å². The van der Waals surface area contributed by atoms with E-state index in [0.717, 1.165) is 0 Å². The number of fused-ring (bicyclic) bond motifs is 3. The van der Waals surface area contributed by atoms with Crippen LogP contribution in [-0.2, 0) is 4.74 Å². The molecule has 0 amide bonds. The number of thiophene rings is 1. The number of methoxy groups -OCH3 is 1. The number of halogens is 3. The van der Waals surface area contributed by atoms with E-state index >= 15 is 0 Å². The van der Waals surface area contributed by atoms with Crippen LogP contribution in [0, 0.1) is 0 Å². The van der Waals surface area contributed by atoms with E-state index in [2.05, 4.69) is 0 Å². The number of hydrogen-bond acceptors (Lipinski definition) is 6. The largest absolute Gasteiger partial charge is 0.492 e. The maximum Gasteiger partial charge on any atom is 0.204 e. The molecule has 0 spiro atoms. The number of ether oxygens (including phenoxy) is 3. The molecule has 1 aromatic carbocycles. The molecular weight excluding hydrogens is 497 g/mol. The molecule has 0 saturated carbocycles. The summed E-state index contributed by atoms with van der Waals surface area (Å²) in [5.41, 5.74) is 1.41. The fourth-order valence-corrected chi connectivity index (χ4v) is 4.93. The van der Waals surface area contributed by atoms with Crippen molar-refractivity contribution in [1.29, 1.82) is 0 Å². The van der Waals surface area contributed by atoms with Gasteiger partial charge in [-0.25, -0.2) is 0 Å². The molecule has 1 aliphatic rings. The number of carbonyl (C=O) groups is 1. The Morgan fingerprint density at radius 3 is 2.66 bits per heavy atom. The van der Waals surface area contributed by atoms with Crippen LogP contribution in [0.1, 0.15) is 35.5 Å². The molecule has 168 valence electrons. The van der Waals surface area contributed by atoms with E-state index in [1.54, 1.807) is 29.2 Å². The first-order valence-electron chi connectivity index (χ1n) is 9.63. The Hall–Kier alpha value is -2.03. The number of benzene rings is 1. The summed E-state index contributed by atoms with van der Waals surface area (Å²) in [6.07, 6.45) is 1.44. The molecule has 4 rings (SSSR count). The third kappa shape index (κ3) is 4.28. The number of carbonyl (C=O) groups excluding carboxylic acids is 1. The van der Waals surface area contributed by atoms with Gasteiger partial charge in [0, 0.05) is 55.0 Å². The molecule has 1 atom stereocenters. The fraction of sp³-hybridized carbons (Fsp3) is 0.273. The first-order chi connectivity index (χ1) is 15.3. The van der Waals surface area contributed by atoms with Gasteiger partial charge in [0.25, 0.3) is 0 Å². The minimum Gasteiger partial charge on any atom is -0.492 e. The second kappa shape index (κ2) is 9.45. The Balaban J connectivity index is 1.85. The molecule has 0 fully saturated rings. The number of aromatic nitrogens is 1. The number of ketones is 1. The van der Waals surface area contributed by atoms with E-state index in [-0.39, 0.29) is 16.8 Å². The number of Topliss-reactive ketones (excluding diaryl/α,β-unsaturated/α-hetero) is 1. The van der Waals surface area contributed by atoms with Crippen molar-refractivity contribution in [1.82, 2.24) is 4.57 Å². The Bertz CT molecular complexity index is 1250. The highest BCUT2D eigenvalue weighted by atomic mass is 35.5. The lowest BCUT2D eigenvalue weighted by molar-refractivity contribution is 0.101. The van der Waals surface area contributed by atoms with Crippen LogP contribution in [0.25, 0.3) is 11.3 Å². The van der Waals surface area contributed by atoms with E-state index in [4.69, 9.17) is 49.0 Å². The molecule has 0 bridgehead atoms. The average Bonchev–Trinajstić information content (AvgIpc) is 3.09. The minimum absolute atomic E-state index is 0.0486. The summed E-state index contributed by atoms with van der Waals surface area (Å²) in [5.74, 6) is 0.572. The summed E-state index contributed by atoms with van der Waals surface area (Å²) >= 11 is 20.3. The first-order valence-corrected chi connectivity index (χ1v) is 11.6. The highest BCUT2D eigenvalue weighted by Gasteiger charge is 2.31. The van der Waals surface area contributed by atoms with Gasteiger partial charge in [-0.1, -0.05) is 34.8 Å². The third-order valence-electron chi connectivity index (χ3n) is 4.99. The summed E-state index contributed by atoms with van der Waals surface area (Å²) in [6, 6.07) is 4.77. The van der Waals surface area contributed by atoms with Crippen molar-refractivity contribution in [3.05, 3.63) is 65.5 Å². The predicted octanol–water partition coefficient (Wildman–Crippen LogP) is 6.09. The average molecular weight is 515 g/mol. The molecule has 0 radical (unpaired) electrons. The van der Waals surface area contributed by atoms with Crippen molar-refractivity contribution in [2.75, 3.05) is 20.3 Å². The van der Waals surface area contributed by atoms with Crippen LogP contribution in [0.5, 0.6) is 11.5 Å². The van der Waals surface area contributed by atoms with Gasteiger partial charge in [0.1, 0.15) is 15.8 Å². The van der Waals surface area contributed by atoms with E-state index in [9.17, 15) is 9.59 Å². The lowest BCUT2D eigenvalue weighted by Crippen LogP contribution is -2.27. The molecule has 0 saturated heterocycles. The standard InChI is InChI=1S/C22H18Cl3NO5S/c1-11(27)13-9-26-16(7-17(13)28)12-6-15(23)19(30-5-3-4-29-2)8-18(12)31-22(26)14-10-32-21(25)20(14)24/h6-10,22H,3-5H2,1-2H3. The Morgan fingerprint density at radius 2 is 2.00 bits per heavy atom. The molecule has 1 unspecified atom stereocenters. The Morgan fingerprint density at radius 1 is 1.22 bits per heavy atom. The summed E-state index contributed by atoms with van der Waals surface area (Å²) in [5, 5.41) is 2.51. The maximum atomic E-state index is 12.6. The van der Waals surface area contributed by atoms with E-state index in [1.165, 1.54) is 30.5 Å². The number of rotatable bonds is 7. The monoisotopic (exact) mass is 513 g/mol. The molecule has 2 aromatic heterocycles. The zero-order chi connectivity index (χ0) is 23.0. The number of hydrogen-bond donors (Lipinski definition) is 0. The van der Waals surface area contributed by atoms with Gasteiger partial charge < -0.3 is 18.8 Å². The van der Waals surface area contributed by atoms with Crippen LogP contribution in [0.15, 0.2) is 34.6 Å². The third-order valence-corrected chi connectivity index (χ3v) is 7.14. The fourth-order valence-electron chi connectivity index (χ4n) is 3.44. The normalized spacial score (nSPS) is 14.5. The second-order valence-corrected chi connectivity index (χ2v) is 9.39. The van der Waals surface area contributed by atoms with Crippen molar-refractivity contribution in [3.8, 4) is 22.8 Å². The molecule has 3 aromatic rings. The van der Waals surface area contributed by atoms with Gasteiger partial charge in [0.2, 0.25) is 6.23 Å². The minimum atomic E-state index is -0.741. The van der Waals surface area contributed by atoms with Gasteiger partial charge in [-0.15, -0.1) is 11.3 Å². The zero-order valence-corrected chi connectivity index (χ0v) is 20.2. The molecule has 0 N–H and O–H groups in total. The summed E-state index contributed by atoms with van der Waals surface area (Å²) in [6.45, 7) is 2.32. The molecule has 1 aliphatic heterocycles. The van der Waals surface area contributed by atoms with Crippen LogP contribution in [-0.4, -0.2) is 30.7 Å². The van der Waals surface area contributed by atoms with Crippen LogP contribution in [0.2, 0.25) is 14.4 Å². The van der Waals surface area contributed by atoms with E-state index < -0.39 is 6.23 Å². The lowest BCUT2D eigenvalue weighted by atomic mass is 10.0. The molecule has 10 heteroatoms. The number of nitrogens with zero attached hydrogens (tertiary/aromatic N) is 1. The Labute approximate surface area is 203 Å². The summed E-state index contributed by atoms with van der Waals surface area (Å²) in [7, 11) is 1.62. The molecule has 6 nitrogen and oxygen atoms in total. The van der Waals surface area contributed by atoms with E-state index in [1.807, 2.05) is 0 Å². The van der Waals surface area contributed by atoms with Gasteiger partial charge in [-0.05, 0) is 13.0 Å². The molecular formula is C22H18Cl3NO5S. The molecule has 32 heavy (non-hydrogen) atoms. The van der Waals surface area contributed by atoms with E-state index in [0.29, 0.717) is 62.3 Å². The Kier molecular flexibility index (Phi) is 6.83. The smallest absolute Gasteiger partial charge is 0.204 e. The quantitative estimate of drug-likeness (QED) is 0.282. The van der Waals surface area contributed by atoms with Gasteiger partial charge in [-0.2, -0.15) is 0 Å². The van der Waals surface area contributed by atoms with Crippen LogP contribution >= 0.6 is 46.1 Å². The zero-order valence-electron chi connectivity index (χ0n) is 17.1. The number of pyridine rings is 1. The van der Waals surface area contributed by atoms with Gasteiger partial charge >= 0.3 is 0 Å². The van der Waals surface area contributed by atoms with Crippen molar-refractivity contribution < 1.29 is 19.0 Å². The lowest BCUT2D eigenvalue weighted by Gasteiger charge is -2.32. The van der Waals surface area contributed by atoms with Crippen LogP contribution < -0.4 is 14.9 Å². The van der Waals surface area contributed by atoms with Crippen molar-refractivity contribution in [2.24, 2.45) is 0 Å². The van der Waals surface area contributed by atoms with Crippen LogP contribution in [0.3, 0.4) is 0 Å². The highest BCUT2D eigenvalue weighted by molar-refractivity contribution is 7.15. The van der Waals surface area contributed by atoms with Gasteiger partial charge in [0.05, 0.1) is 27.9 Å². The predicted molar refractivity (Wildman–Crippen MR) is 126 cm³/mol. The highest BCUT2D eigenvalue weighted by Crippen LogP contribution is 2.47.